The van der Waals surface area contributed by atoms with Crippen molar-refractivity contribution in [2.24, 2.45) is 10.7 Å². The molecule has 0 saturated heterocycles. The summed E-state index contributed by atoms with van der Waals surface area (Å²) in [5, 5.41) is 2.97. The number of para-hydroxylation sites is 1. The highest BCUT2D eigenvalue weighted by molar-refractivity contribution is 5.97. The van der Waals surface area contributed by atoms with Crippen LogP contribution in [0.1, 0.15) is 25.3 Å². The van der Waals surface area contributed by atoms with Crippen LogP contribution in [0.5, 0.6) is 0 Å². The lowest BCUT2D eigenvalue weighted by atomic mass is 10.0. The number of aliphatic imine (C=N–C) groups is 1. The Bertz CT molecular complexity index is 498. The highest BCUT2D eigenvalue weighted by atomic mass is 16.2. The van der Waals surface area contributed by atoms with Gasteiger partial charge in [-0.3, -0.25) is 4.79 Å². The summed E-state index contributed by atoms with van der Waals surface area (Å²) >= 11 is 0. The van der Waals surface area contributed by atoms with E-state index in [-0.39, 0.29) is 12.5 Å². The summed E-state index contributed by atoms with van der Waals surface area (Å²) in [6.45, 7) is 3.68. The van der Waals surface area contributed by atoms with Crippen LogP contribution in [0, 0.1) is 0 Å². The molecular formula is C15H22N4O. The van der Waals surface area contributed by atoms with Crippen LogP contribution >= 0.6 is 0 Å². The van der Waals surface area contributed by atoms with Gasteiger partial charge in [-0.2, -0.15) is 0 Å². The molecule has 0 aliphatic carbocycles. The van der Waals surface area contributed by atoms with Crippen molar-refractivity contribution in [1.82, 2.24) is 5.32 Å². The van der Waals surface area contributed by atoms with Crippen molar-refractivity contribution in [3.05, 3.63) is 29.8 Å². The van der Waals surface area contributed by atoms with Crippen LogP contribution in [-0.4, -0.2) is 31.5 Å². The Morgan fingerprint density at radius 3 is 3.05 bits per heavy atom. The maximum Gasteiger partial charge on any atom is 0.248 e. The van der Waals surface area contributed by atoms with Crippen LogP contribution in [0.15, 0.2) is 29.3 Å². The molecule has 0 bridgehead atoms. The number of nitrogens with zero attached hydrogens (tertiary/aromatic N) is 2. The second kappa shape index (κ2) is 6.93. The van der Waals surface area contributed by atoms with E-state index in [1.165, 1.54) is 5.56 Å². The van der Waals surface area contributed by atoms with E-state index in [9.17, 15) is 4.79 Å². The number of benzene rings is 1. The predicted octanol–water partition coefficient (Wildman–Crippen LogP) is 1.28. The van der Waals surface area contributed by atoms with Crippen LogP contribution in [0.4, 0.5) is 5.69 Å². The zero-order valence-corrected chi connectivity index (χ0v) is 11.9. The summed E-state index contributed by atoms with van der Waals surface area (Å²) in [6.07, 6.45) is 3.00. The molecule has 5 nitrogen and oxygen atoms in total. The summed E-state index contributed by atoms with van der Waals surface area (Å²) in [5.41, 5.74) is 7.94. The summed E-state index contributed by atoms with van der Waals surface area (Å²) in [6, 6.07) is 8.05. The Labute approximate surface area is 119 Å². The maximum atomic E-state index is 12.3. The monoisotopic (exact) mass is 274 g/mol. The van der Waals surface area contributed by atoms with Gasteiger partial charge in [0.25, 0.3) is 0 Å². The van der Waals surface area contributed by atoms with Crippen molar-refractivity contribution >= 4 is 17.6 Å². The second-order valence-corrected chi connectivity index (χ2v) is 4.91. The van der Waals surface area contributed by atoms with Gasteiger partial charge in [0.1, 0.15) is 6.54 Å². The van der Waals surface area contributed by atoms with Gasteiger partial charge in [0, 0.05) is 18.8 Å². The molecule has 0 aromatic heterocycles. The number of rotatable bonds is 4. The molecule has 5 heteroatoms. The molecule has 0 fully saturated rings. The molecule has 2 rings (SSSR count). The minimum absolute atomic E-state index is 0.00148. The number of hydrogen-bond donors (Lipinski definition) is 2. The van der Waals surface area contributed by atoms with Gasteiger partial charge in [-0.25, -0.2) is 4.99 Å². The number of hydrogen-bond acceptors (Lipinski definition) is 2. The zero-order valence-electron chi connectivity index (χ0n) is 11.9. The first-order valence-corrected chi connectivity index (χ1v) is 7.14. The summed E-state index contributed by atoms with van der Waals surface area (Å²) in [7, 11) is 0. The quantitative estimate of drug-likeness (QED) is 0.642. The fourth-order valence-corrected chi connectivity index (χ4v) is 2.34. The lowest BCUT2D eigenvalue weighted by Crippen LogP contribution is -2.38. The van der Waals surface area contributed by atoms with Crippen LogP contribution in [0.2, 0.25) is 0 Å². The van der Waals surface area contributed by atoms with Crippen LogP contribution < -0.4 is 16.0 Å². The van der Waals surface area contributed by atoms with E-state index in [0.29, 0.717) is 5.96 Å². The minimum Gasteiger partial charge on any atom is -0.370 e. The van der Waals surface area contributed by atoms with E-state index in [2.05, 4.69) is 23.3 Å². The van der Waals surface area contributed by atoms with Crippen molar-refractivity contribution in [2.75, 3.05) is 24.5 Å². The smallest absolute Gasteiger partial charge is 0.248 e. The molecule has 0 saturated carbocycles. The molecule has 1 aliphatic rings. The third-order valence-corrected chi connectivity index (χ3v) is 3.35. The molecule has 1 aliphatic heterocycles. The topological polar surface area (TPSA) is 70.7 Å². The molecule has 0 atom stereocenters. The van der Waals surface area contributed by atoms with E-state index in [4.69, 9.17) is 5.73 Å². The SMILES string of the molecule is CCCNC(N)=NCC(=O)N1CCCc2ccccc21. The van der Waals surface area contributed by atoms with Crippen molar-refractivity contribution in [2.45, 2.75) is 26.2 Å². The van der Waals surface area contributed by atoms with Gasteiger partial charge in [0.05, 0.1) is 0 Å². The highest BCUT2D eigenvalue weighted by Gasteiger charge is 2.21. The number of guanidine groups is 1. The number of nitrogens with one attached hydrogen (secondary N) is 1. The predicted molar refractivity (Wildman–Crippen MR) is 81.9 cm³/mol. The molecule has 20 heavy (non-hydrogen) atoms. The number of amides is 1. The first-order chi connectivity index (χ1) is 9.72. The second-order valence-electron chi connectivity index (χ2n) is 4.91. The first-order valence-electron chi connectivity index (χ1n) is 7.14. The zero-order chi connectivity index (χ0) is 14.4. The van der Waals surface area contributed by atoms with Crippen LogP contribution in [-0.2, 0) is 11.2 Å². The molecule has 1 aromatic rings. The lowest BCUT2D eigenvalue weighted by Gasteiger charge is -2.29. The Balaban J connectivity index is 2.00. The number of anilines is 1. The fraction of sp³-hybridized carbons (Fsp3) is 0.467. The van der Waals surface area contributed by atoms with Crippen LogP contribution in [0.25, 0.3) is 0 Å². The maximum absolute atomic E-state index is 12.3. The Kier molecular flexibility index (Phi) is 4.98. The average Bonchev–Trinajstić information content (AvgIpc) is 2.50. The number of fused-ring (bicyclic) bond motifs is 1. The Morgan fingerprint density at radius 2 is 2.25 bits per heavy atom. The molecule has 1 amide bonds. The van der Waals surface area contributed by atoms with Gasteiger partial charge >= 0.3 is 0 Å². The Hall–Kier alpha value is -2.04. The first kappa shape index (κ1) is 14.4. The number of aryl methyl sites for hydroxylation is 1. The van der Waals surface area contributed by atoms with Crippen molar-refractivity contribution in [1.29, 1.82) is 0 Å². The highest BCUT2D eigenvalue weighted by Crippen LogP contribution is 2.26. The molecule has 0 unspecified atom stereocenters. The minimum atomic E-state index is -0.00148. The molecule has 108 valence electrons. The van der Waals surface area contributed by atoms with Crippen LogP contribution in [0.3, 0.4) is 0 Å². The third-order valence-electron chi connectivity index (χ3n) is 3.35. The van der Waals surface area contributed by atoms with Gasteiger partial charge in [0.2, 0.25) is 5.91 Å². The normalized spacial score (nSPS) is 14.8. The molecule has 0 spiro atoms. The van der Waals surface area contributed by atoms with E-state index < -0.39 is 0 Å². The summed E-state index contributed by atoms with van der Waals surface area (Å²) in [5.74, 6) is 0.337. The number of carbonyl (C=O) groups is 1. The fourth-order valence-electron chi connectivity index (χ4n) is 2.34. The van der Waals surface area contributed by atoms with Gasteiger partial charge in [-0.1, -0.05) is 25.1 Å². The molecule has 0 radical (unpaired) electrons. The number of carbonyl (C=O) groups excluding carboxylic acids is 1. The molecule has 1 heterocycles. The number of nitrogens with two attached hydrogens (primary N) is 1. The summed E-state index contributed by atoms with van der Waals surface area (Å²) < 4.78 is 0. The summed E-state index contributed by atoms with van der Waals surface area (Å²) in [4.78, 5) is 18.2. The lowest BCUT2D eigenvalue weighted by molar-refractivity contribution is -0.117. The van der Waals surface area contributed by atoms with Gasteiger partial charge < -0.3 is 16.0 Å². The third kappa shape index (κ3) is 3.50. The molecule has 1 aromatic carbocycles. The van der Waals surface area contributed by atoms with E-state index in [1.807, 2.05) is 23.1 Å². The van der Waals surface area contributed by atoms with Gasteiger partial charge in [0.15, 0.2) is 5.96 Å². The van der Waals surface area contributed by atoms with Crippen molar-refractivity contribution < 1.29 is 4.79 Å². The van der Waals surface area contributed by atoms with E-state index in [0.717, 1.165) is 38.0 Å². The van der Waals surface area contributed by atoms with Crippen molar-refractivity contribution in [3.8, 4) is 0 Å². The van der Waals surface area contributed by atoms with Crippen molar-refractivity contribution in [3.63, 3.8) is 0 Å². The van der Waals surface area contributed by atoms with E-state index in [1.54, 1.807) is 0 Å². The van der Waals surface area contributed by atoms with E-state index >= 15 is 0 Å². The van der Waals surface area contributed by atoms with Gasteiger partial charge in [-0.15, -0.1) is 0 Å². The largest absolute Gasteiger partial charge is 0.370 e. The average molecular weight is 274 g/mol. The Morgan fingerprint density at radius 1 is 1.45 bits per heavy atom. The standard InChI is InChI=1S/C15H22N4O/c1-2-9-17-15(16)18-11-14(20)19-10-5-7-12-6-3-4-8-13(12)19/h3-4,6,8H,2,5,7,9-11H2,1H3,(H3,16,17,18). The van der Waals surface area contributed by atoms with Gasteiger partial charge in [-0.05, 0) is 30.9 Å². The molecular weight excluding hydrogens is 252 g/mol. The molecule has 3 N–H and O–H groups in total.